The fraction of sp³-hybridized carbons (Fsp3) is 0.259. The van der Waals surface area contributed by atoms with E-state index in [4.69, 9.17) is 9.72 Å². The van der Waals surface area contributed by atoms with Crippen LogP contribution in [0.5, 0.6) is 5.88 Å². The molecule has 0 saturated carbocycles. The van der Waals surface area contributed by atoms with Crippen LogP contribution in [0, 0.1) is 5.41 Å². The molecule has 0 N–H and O–H groups in total. The van der Waals surface area contributed by atoms with Crippen LogP contribution in [0.1, 0.15) is 54.3 Å². The van der Waals surface area contributed by atoms with Gasteiger partial charge in [-0.15, -0.1) is 0 Å². The molecule has 0 amide bonds. The lowest BCUT2D eigenvalue weighted by Crippen LogP contribution is -2.36. The molecule has 0 bridgehead atoms. The van der Waals surface area contributed by atoms with Crippen LogP contribution >= 0.6 is 11.3 Å². The van der Waals surface area contributed by atoms with Gasteiger partial charge in [-0.1, -0.05) is 85.8 Å². The number of ketones is 1. The summed E-state index contributed by atoms with van der Waals surface area (Å²) in [5.41, 5.74) is 2.47. The van der Waals surface area contributed by atoms with Crippen molar-refractivity contribution < 1.29 is 9.53 Å². The van der Waals surface area contributed by atoms with Crippen LogP contribution in [0.3, 0.4) is 0 Å². The number of Topliss-reactive ketones (excluding diaryl/α,β-unsaturated/α-hetero) is 1. The molecule has 34 heavy (non-hydrogen) atoms. The maximum Gasteiger partial charge on any atom is 0.283 e. The molecule has 2 aliphatic rings. The Morgan fingerprint density at radius 1 is 1.03 bits per heavy atom. The van der Waals surface area contributed by atoms with Gasteiger partial charge in [0.1, 0.15) is 10.8 Å². The summed E-state index contributed by atoms with van der Waals surface area (Å²) in [4.78, 5) is 32.3. The number of carbonyl (C=O) groups is 1. The molecule has 6 rings (SSSR count). The van der Waals surface area contributed by atoms with Crippen LogP contribution < -0.4 is 10.3 Å². The van der Waals surface area contributed by atoms with Crippen LogP contribution in [0.25, 0.3) is 4.96 Å². The molecule has 1 aliphatic carbocycles. The standard InChI is InChI=1S/C27H23N3O3S/c1-27(2)14-18(31)22-19(15-27)33-24-23(21(22)17-11-7-4-8-12-17)25(32)30-26(28-24)34-20(29-30)13-16-9-5-3-6-10-16/h3-12,21H,13-15H2,1-2H3. The van der Waals surface area contributed by atoms with Gasteiger partial charge in [-0.3, -0.25) is 9.59 Å². The van der Waals surface area contributed by atoms with Gasteiger partial charge < -0.3 is 4.74 Å². The first-order valence-corrected chi connectivity index (χ1v) is 12.2. The first kappa shape index (κ1) is 21.0. The third-order valence-electron chi connectivity index (χ3n) is 6.46. The molecular formula is C27H23N3O3S. The Kier molecular flexibility index (Phi) is 4.78. The van der Waals surface area contributed by atoms with Crippen molar-refractivity contribution in [3.8, 4) is 5.88 Å². The second kappa shape index (κ2) is 7.74. The highest BCUT2D eigenvalue weighted by Gasteiger charge is 2.44. The second-order valence-electron chi connectivity index (χ2n) is 9.71. The molecule has 170 valence electrons. The third-order valence-corrected chi connectivity index (χ3v) is 7.37. The van der Waals surface area contributed by atoms with Crippen molar-refractivity contribution in [1.82, 2.24) is 14.6 Å². The number of hydrogen-bond acceptors (Lipinski definition) is 6. The van der Waals surface area contributed by atoms with Crippen molar-refractivity contribution >= 4 is 22.1 Å². The SMILES string of the molecule is CC1(C)CC(=O)C2=C(C1)Oc1nc3sc(Cc4ccccc4)nn3c(=O)c1C2c1ccccc1. The van der Waals surface area contributed by atoms with Crippen LogP contribution in [0.4, 0.5) is 0 Å². The molecular weight excluding hydrogens is 446 g/mol. The van der Waals surface area contributed by atoms with Crippen LogP contribution in [-0.2, 0) is 11.2 Å². The topological polar surface area (TPSA) is 73.6 Å². The highest BCUT2D eigenvalue weighted by atomic mass is 32.1. The lowest BCUT2D eigenvalue weighted by molar-refractivity contribution is -0.118. The summed E-state index contributed by atoms with van der Waals surface area (Å²) in [7, 11) is 0. The van der Waals surface area contributed by atoms with Crippen LogP contribution in [0.2, 0.25) is 0 Å². The molecule has 1 unspecified atom stereocenters. The van der Waals surface area contributed by atoms with Gasteiger partial charge in [0.2, 0.25) is 10.8 Å². The molecule has 0 saturated heterocycles. The van der Waals surface area contributed by atoms with E-state index in [-0.39, 0.29) is 22.6 Å². The zero-order valence-electron chi connectivity index (χ0n) is 18.9. The van der Waals surface area contributed by atoms with Gasteiger partial charge in [0.05, 0.1) is 11.5 Å². The number of nitrogens with zero attached hydrogens (tertiary/aromatic N) is 3. The van der Waals surface area contributed by atoms with Crippen molar-refractivity contribution in [2.24, 2.45) is 5.41 Å². The van der Waals surface area contributed by atoms with E-state index in [1.54, 1.807) is 0 Å². The second-order valence-corrected chi connectivity index (χ2v) is 10.8. The van der Waals surface area contributed by atoms with Gasteiger partial charge in [0.15, 0.2) is 5.78 Å². The number of allylic oxidation sites excluding steroid dienone is 2. The highest BCUT2D eigenvalue weighted by molar-refractivity contribution is 7.16. The van der Waals surface area contributed by atoms with Gasteiger partial charge in [-0.25, -0.2) is 0 Å². The maximum atomic E-state index is 13.8. The van der Waals surface area contributed by atoms with Crippen molar-refractivity contribution in [2.45, 2.75) is 39.0 Å². The predicted molar refractivity (Wildman–Crippen MR) is 130 cm³/mol. The maximum absolute atomic E-state index is 13.8. The van der Waals surface area contributed by atoms with Gasteiger partial charge >= 0.3 is 0 Å². The van der Waals surface area contributed by atoms with E-state index in [1.807, 2.05) is 60.7 Å². The highest BCUT2D eigenvalue weighted by Crippen LogP contribution is 2.48. The van der Waals surface area contributed by atoms with Crippen molar-refractivity contribution in [2.75, 3.05) is 0 Å². The minimum Gasteiger partial charge on any atom is -0.442 e. The van der Waals surface area contributed by atoms with Crippen molar-refractivity contribution in [3.05, 3.63) is 104 Å². The van der Waals surface area contributed by atoms with Gasteiger partial charge in [-0.05, 0) is 16.5 Å². The number of benzene rings is 2. The summed E-state index contributed by atoms with van der Waals surface area (Å²) in [6.07, 6.45) is 1.66. The Morgan fingerprint density at radius 3 is 2.47 bits per heavy atom. The average molecular weight is 470 g/mol. The zero-order chi connectivity index (χ0) is 23.4. The molecule has 3 heterocycles. The normalized spacial score (nSPS) is 19.0. The number of rotatable bonds is 3. The van der Waals surface area contributed by atoms with Crippen molar-refractivity contribution in [1.29, 1.82) is 0 Å². The zero-order valence-corrected chi connectivity index (χ0v) is 19.8. The van der Waals surface area contributed by atoms with Gasteiger partial charge in [-0.2, -0.15) is 14.6 Å². The lowest BCUT2D eigenvalue weighted by atomic mass is 9.70. The molecule has 7 heteroatoms. The molecule has 4 aromatic rings. The fourth-order valence-electron chi connectivity index (χ4n) is 4.98. The quantitative estimate of drug-likeness (QED) is 0.426. The third kappa shape index (κ3) is 3.47. The first-order valence-electron chi connectivity index (χ1n) is 11.4. The van der Waals surface area contributed by atoms with E-state index >= 15 is 0 Å². The van der Waals surface area contributed by atoms with Crippen LogP contribution in [-0.4, -0.2) is 20.4 Å². The number of hydrogen-bond donors (Lipinski definition) is 0. The average Bonchev–Trinajstić information content (AvgIpc) is 3.21. The number of fused-ring (bicyclic) bond motifs is 2. The minimum atomic E-state index is -0.514. The largest absolute Gasteiger partial charge is 0.442 e. The Labute approximate surface area is 200 Å². The monoisotopic (exact) mass is 469 g/mol. The number of aromatic nitrogens is 3. The molecule has 1 aliphatic heterocycles. The molecule has 0 radical (unpaired) electrons. The molecule has 2 aromatic carbocycles. The minimum absolute atomic E-state index is 0.0262. The van der Waals surface area contributed by atoms with E-state index in [2.05, 4.69) is 18.9 Å². The smallest absolute Gasteiger partial charge is 0.283 e. The van der Waals surface area contributed by atoms with Crippen LogP contribution in [0.15, 0.2) is 76.8 Å². The number of ether oxygens (including phenoxy) is 1. The van der Waals surface area contributed by atoms with E-state index in [0.29, 0.717) is 41.1 Å². The number of carbonyl (C=O) groups excluding carboxylic acids is 1. The van der Waals surface area contributed by atoms with E-state index in [1.165, 1.54) is 15.9 Å². The molecule has 6 nitrogen and oxygen atoms in total. The van der Waals surface area contributed by atoms with E-state index in [9.17, 15) is 9.59 Å². The Hall–Kier alpha value is -3.58. The fourth-order valence-corrected chi connectivity index (χ4v) is 5.89. The first-order chi connectivity index (χ1) is 16.4. The summed E-state index contributed by atoms with van der Waals surface area (Å²) in [6, 6.07) is 19.7. The molecule has 0 spiro atoms. The van der Waals surface area contributed by atoms with E-state index in [0.717, 1.165) is 16.1 Å². The predicted octanol–water partition coefficient (Wildman–Crippen LogP) is 4.91. The summed E-state index contributed by atoms with van der Waals surface area (Å²) in [5.74, 6) is 0.434. The molecule has 1 atom stereocenters. The van der Waals surface area contributed by atoms with Gasteiger partial charge in [0, 0.05) is 24.8 Å². The molecule has 0 fully saturated rings. The Morgan fingerprint density at radius 2 is 1.74 bits per heavy atom. The lowest BCUT2D eigenvalue weighted by Gasteiger charge is -2.37. The van der Waals surface area contributed by atoms with E-state index < -0.39 is 5.92 Å². The van der Waals surface area contributed by atoms with Crippen molar-refractivity contribution in [3.63, 3.8) is 0 Å². The summed E-state index contributed by atoms with van der Waals surface area (Å²) in [6.45, 7) is 4.13. The Balaban J connectivity index is 1.54. The summed E-state index contributed by atoms with van der Waals surface area (Å²) in [5, 5.41) is 5.39. The summed E-state index contributed by atoms with van der Waals surface area (Å²) < 4.78 is 7.59. The molecule has 2 aromatic heterocycles. The summed E-state index contributed by atoms with van der Waals surface area (Å²) >= 11 is 1.38. The van der Waals surface area contributed by atoms with Gasteiger partial charge in [0.25, 0.3) is 5.56 Å². The Bertz CT molecular complexity index is 1520.